The number of aromatic nitrogens is 3. The van der Waals surface area contributed by atoms with Crippen LogP contribution < -0.4 is 5.32 Å². The number of anilines is 2. The summed E-state index contributed by atoms with van der Waals surface area (Å²) in [5.41, 5.74) is -1.59. The summed E-state index contributed by atoms with van der Waals surface area (Å²) < 4.78 is 64.4. The maximum Gasteiger partial charge on any atom is 0.433 e. The first-order valence-corrected chi connectivity index (χ1v) is 9.06. The minimum Gasteiger partial charge on any atom is -0.377 e. The molecule has 0 amide bonds. The first-order chi connectivity index (χ1) is 13.6. The van der Waals surface area contributed by atoms with Crippen LogP contribution in [0.2, 0.25) is 0 Å². The van der Waals surface area contributed by atoms with Gasteiger partial charge in [-0.1, -0.05) is 6.07 Å². The van der Waals surface area contributed by atoms with Crippen LogP contribution >= 0.6 is 11.3 Å². The Bertz CT molecular complexity index is 1000. The van der Waals surface area contributed by atoms with Crippen molar-refractivity contribution in [3.05, 3.63) is 52.9 Å². The predicted octanol–water partition coefficient (Wildman–Crippen LogP) is 4.80. The second-order valence-electron chi connectivity index (χ2n) is 6.30. The molecule has 0 saturated carbocycles. The molecule has 0 bridgehead atoms. The smallest absolute Gasteiger partial charge is 0.377 e. The Balaban J connectivity index is 1.91. The fourth-order valence-electron chi connectivity index (χ4n) is 2.48. The highest BCUT2D eigenvalue weighted by Gasteiger charge is 2.34. The minimum atomic E-state index is -4.60. The van der Waals surface area contributed by atoms with E-state index in [1.807, 2.05) is 0 Å². The fourth-order valence-corrected chi connectivity index (χ4v) is 3.43. The van der Waals surface area contributed by atoms with Gasteiger partial charge in [0.2, 0.25) is 5.95 Å². The number of hydrogen-bond acceptors (Lipinski definition) is 6. The molecule has 3 aromatic rings. The van der Waals surface area contributed by atoms with Gasteiger partial charge in [-0.3, -0.25) is 0 Å². The third-order valence-corrected chi connectivity index (χ3v) is 5.15. The van der Waals surface area contributed by atoms with E-state index in [2.05, 4.69) is 20.3 Å². The summed E-state index contributed by atoms with van der Waals surface area (Å²) in [6.45, 7) is -0.864. The second-order valence-corrected chi connectivity index (χ2v) is 7.34. The van der Waals surface area contributed by atoms with E-state index in [1.165, 1.54) is 6.20 Å². The maximum absolute atomic E-state index is 13.0. The highest BCUT2D eigenvalue weighted by Crippen LogP contribution is 2.35. The molecular weight excluding hydrogens is 415 g/mol. The van der Waals surface area contributed by atoms with Crippen molar-refractivity contribution >= 4 is 23.0 Å². The van der Waals surface area contributed by atoms with Crippen molar-refractivity contribution in [3.8, 4) is 10.4 Å². The van der Waals surface area contributed by atoms with Gasteiger partial charge in [-0.2, -0.15) is 13.2 Å². The Kier molecular flexibility index (Phi) is 5.80. The molecule has 0 unspecified atom stereocenters. The average molecular weight is 430 g/mol. The number of alkyl halides is 5. The molecule has 0 aliphatic carbocycles. The number of benzene rings is 1. The molecule has 0 atom stereocenters. The highest BCUT2D eigenvalue weighted by molar-refractivity contribution is 7.15. The molecule has 0 spiro atoms. The van der Waals surface area contributed by atoms with Crippen molar-refractivity contribution in [1.82, 2.24) is 15.0 Å². The molecule has 0 aliphatic rings. The van der Waals surface area contributed by atoms with E-state index in [0.717, 1.165) is 29.2 Å². The Morgan fingerprint density at radius 2 is 1.83 bits per heavy atom. The monoisotopic (exact) mass is 430 g/mol. The molecule has 154 valence electrons. The summed E-state index contributed by atoms with van der Waals surface area (Å²) in [5.74, 6) is -0.231. The molecule has 2 aromatic heterocycles. The lowest BCUT2D eigenvalue weighted by molar-refractivity contribution is -0.141. The molecule has 0 saturated heterocycles. The summed E-state index contributed by atoms with van der Waals surface area (Å²) in [5, 5.41) is 12.6. The zero-order valence-electron chi connectivity index (χ0n) is 15.0. The lowest BCUT2D eigenvalue weighted by Gasteiger charge is -2.17. The van der Waals surface area contributed by atoms with Gasteiger partial charge in [0.15, 0.2) is 5.60 Å². The van der Waals surface area contributed by atoms with Gasteiger partial charge in [0, 0.05) is 18.1 Å². The van der Waals surface area contributed by atoms with Gasteiger partial charge in [-0.05, 0) is 36.2 Å². The number of nitrogens with one attached hydrogen (secondary N) is 1. The van der Waals surface area contributed by atoms with Crippen molar-refractivity contribution in [1.29, 1.82) is 0 Å². The quantitative estimate of drug-likeness (QED) is 0.550. The van der Waals surface area contributed by atoms with Crippen LogP contribution in [0, 0.1) is 6.92 Å². The van der Waals surface area contributed by atoms with Crippen LogP contribution in [0.1, 0.15) is 16.3 Å². The van der Waals surface area contributed by atoms with Gasteiger partial charge >= 0.3 is 6.18 Å². The first kappa shape index (κ1) is 21.1. The molecule has 3 rings (SSSR count). The van der Waals surface area contributed by atoms with Gasteiger partial charge in [0.25, 0.3) is 0 Å². The van der Waals surface area contributed by atoms with E-state index in [-0.39, 0.29) is 11.0 Å². The van der Waals surface area contributed by atoms with Gasteiger partial charge in [-0.15, -0.1) is 11.3 Å². The lowest BCUT2D eigenvalue weighted by atomic mass is 10.1. The number of aryl methyl sites for hydroxylation is 1. The van der Waals surface area contributed by atoms with Gasteiger partial charge < -0.3 is 10.4 Å². The predicted molar refractivity (Wildman–Crippen MR) is 98.5 cm³/mol. The molecule has 29 heavy (non-hydrogen) atoms. The van der Waals surface area contributed by atoms with Gasteiger partial charge in [-0.25, -0.2) is 23.7 Å². The van der Waals surface area contributed by atoms with Crippen molar-refractivity contribution < 1.29 is 27.1 Å². The van der Waals surface area contributed by atoms with Gasteiger partial charge in [0.05, 0.1) is 4.88 Å². The standard InChI is InChI=1S/C18H15F5N4OS/c1-10-4-11(13-7-25-15(29-13)17(28,8-19)9-20)6-12(5-10)26-16-24-3-2-14(27-16)18(21,22)23/h2-7,28H,8-9H2,1H3,(H,24,26,27). The van der Waals surface area contributed by atoms with Crippen LogP contribution in [0.25, 0.3) is 10.4 Å². The SMILES string of the molecule is Cc1cc(Nc2nccc(C(F)(F)F)n2)cc(-c2cnc(C(O)(CF)CF)s2)c1. The van der Waals surface area contributed by atoms with Crippen LogP contribution in [-0.2, 0) is 11.8 Å². The molecule has 0 aliphatic heterocycles. The van der Waals surface area contributed by atoms with E-state index in [0.29, 0.717) is 16.1 Å². The molecule has 0 radical (unpaired) electrons. The number of aliphatic hydroxyl groups is 1. The van der Waals surface area contributed by atoms with Gasteiger partial charge in [0.1, 0.15) is 24.1 Å². The first-order valence-electron chi connectivity index (χ1n) is 8.24. The highest BCUT2D eigenvalue weighted by atomic mass is 32.1. The molecule has 2 heterocycles. The number of rotatable bonds is 6. The van der Waals surface area contributed by atoms with Crippen molar-refractivity contribution in [2.24, 2.45) is 0 Å². The maximum atomic E-state index is 13.0. The van der Waals surface area contributed by atoms with Crippen LogP contribution in [0.5, 0.6) is 0 Å². The summed E-state index contributed by atoms with van der Waals surface area (Å²) in [4.78, 5) is 11.7. The summed E-state index contributed by atoms with van der Waals surface area (Å²) in [6.07, 6.45) is -2.23. The Morgan fingerprint density at radius 3 is 2.48 bits per heavy atom. The summed E-state index contributed by atoms with van der Waals surface area (Å²) >= 11 is 0.923. The minimum absolute atomic E-state index is 0.102. The molecule has 11 heteroatoms. The molecular formula is C18H15F5N4OS. The normalized spacial score (nSPS) is 12.2. The fraction of sp³-hybridized carbons (Fsp3) is 0.278. The molecule has 2 N–H and O–H groups in total. The van der Waals surface area contributed by atoms with Crippen LogP contribution in [-0.4, -0.2) is 33.4 Å². The molecule has 0 fully saturated rings. The Labute approximate surface area is 166 Å². The molecule has 5 nitrogen and oxygen atoms in total. The third-order valence-electron chi connectivity index (χ3n) is 3.91. The molecule has 1 aromatic carbocycles. The third kappa shape index (κ3) is 4.67. The topological polar surface area (TPSA) is 70.9 Å². The van der Waals surface area contributed by atoms with E-state index in [9.17, 15) is 27.1 Å². The van der Waals surface area contributed by atoms with E-state index in [1.54, 1.807) is 25.1 Å². The Hall–Kier alpha value is -2.66. The Morgan fingerprint density at radius 1 is 1.10 bits per heavy atom. The van der Waals surface area contributed by atoms with E-state index in [4.69, 9.17) is 0 Å². The van der Waals surface area contributed by atoms with Crippen molar-refractivity contribution in [3.63, 3.8) is 0 Å². The van der Waals surface area contributed by atoms with Crippen molar-refractivity contribution in [2.75, 3.05) is 18.7 Å². The second kappa shape index (κ2) is 7.99. The lowest BCUT2D eigenvalue weighted by Crippen LogP contribution is -2.30. The zero-order valence-corrected chi connectivity index (χ0v) is 15.8. The van der Waals surface area contributed by atoms with E-state index >= 15 is 0 Å². The van der Waals surface area contributed by atoms with E-state index < -0.39 is 30.8 Å². The van der Waals surface area contributed by atoms with Crippen molar-refractivity contribution in [2.45, 2.75) is 18.7 Å². The number of halogens is 5. The number of thiazole rings is 1. The van der Waals surface area contributed by atoms with Crippen LogP contribution in [0.3, 0.4) is 0 Å². The summed E-state index contributed by atoms with van der Waals surface area (Å²) in [7, 11) is 0. The average Bonchev–Trinajstić information content (AvgIpc) is 3.17. The zero-order chi connectivity index (χ0) is 21.2. The summed E-state index contributed by atoms with van der Waals surface area (Å²) in [6, 6.07) is 5.81. The van der Waals surface area contributed by atoms with Crippen LogP contribution in [0.4, 0.5) is 33.6 Å². The van der Waals surface area contributed by atoms with Crippen LogP contribution in [0.15, 0.2) is 36.7 Å². The number of hydrogen-bond donors (Lipinski definition) is 2. The largest absolute Gasteiger partial charge is 0.433 e. The number of nitrogens with zero attached hydrogens (tertiary/aromatic N) is 3.